The van der Waals surface area contributed by atoms with Gasteiger partial charge in [-0.05, 0) is 49.0 Å². The summed E-state index contributed by atoms with van der Waals surface area (Å²) in [6.45, 7) is 2.25. The molecule has 0 heterocycles. The van der Waals surface area contributed by atoms with Crippen LogP contribution in [0.25, 0.3) is 0 Å². The first-order chi connectivity index (χ1) is 9.51. The van der Waals surface area contributed by atoms with E-state index < -0.39 is 0 Å². The summed E-state index contributed by atoms with van der Waals surface area (Å²) in [5, 5.41) is 10.4. The lowest BCUT2D eigenvalue weighted by atomic mass is 9.59. The number of fused-ring (bicyclic) bond motifs is 2. The van der Waals surface area contributed by atoms with E-state index in [1.54, 1.807) is 0 Å². The Labute approximate surface area is 127 Å². The molecule has 0 aromatic heterocycles. The Bertz CT molecular complexity index is 519. The SMILES string of the molecule is CCC1(c2ccccc2)CC2CC(C(N)=S)(CC2O)C1.[HH]. The molecule has 20 heavy (non-hydrogen) atoms. The van der Waals surface area contributed by atoms with Crippen molar-refractivity contribution in [1.29, 1.82) is 0 Å². The molecule has 2 nitrogen and oxygen atoms in total. The van der Waals surface area contributed by atoms with Crippen molar-refractivity contribution in [3.63, 3.8) is 0 Å². The van der Waals surface area contributed by atoms with Gasteiger partial charge < -0.3 is 10.8 Å². The van der Waals surface area contributed by atoms with Crippen molar-refractivity contribution in [3.8, 4) is 0 Å². The zero-order chi connectivity index (χ0) is 14.4. The van der Waals surface area contributed by atoms with Gasteiger partial charge in [0.1, 0.15) is 0 Å². The van der Waals surface area contributed by atoms with Crippen molar-refractivity contribution in [2.45, 2.75) is 50.5 Å². The van der Waals surface area contributed by atoms with Crippen LogP contribution < -0.4 is 5.73 Å². The summed E-state index contributed by atoms with van der Waals surface area (Å²) in [6.07, 6.45) is 4.60. The zero-order valence-electron chi connectivity index (χ0n) is 12.0. The van der Waals surface area contributed by atoms with Crippen LogP contribution in [0, 0.1) is 11.3 Å². The first-order valence-corrected chi connectivity index (χ1v) is 7.96. The predicted molar refractivity (Wildman–Crippen MR) is 87.7 cm³/mol. The number of thiocarbonyl (C=S) groups is 1. The van der Waals surface area contributed by atoms with Crippen LogP contribution in [0.1, 0.15) is 46.0 Å². The van der Waals surface area contributed by atoms with Crippen LogP contribution in [0.15, 0.2) is 30.3 Å². The Morgan fingerprint density at radius 3 is 2.65 bits per heavy atom. The molecule has 4 atom stereocenters. The topological polar surface area (TPSA) is 46.2 Å². The minimum absolute atomic E-state index is 0. The Morgan fingerprint density at radius 1 is 1.35 bits per heavy atom. The fraction of sp³-hybridized carbons (Fsp3) is 0.588. The number of benzene rings is 1. The molecule has 0 aliphatic heterocycles. The molecule has 2 fully saturated rings. The zero-order valence-corrected chi connectivity index (χ0v) is 12.8. The molecule has 3 N–H and O–H groups in total. The third kappa shape index (κ3) is 1.99. The molecule has 3 heteroatoms. The van der Waals surface area contributed by atoms with Gasteiger partial charge in [0.05, 0.1) is 11.1 Å². The molecule has 2 saturated carbocycles. The predicted octanol–water partition coefficient (Wildman–Crippen LogP) is 3.42. The largest absolute Gasteiger partial charge is 0.393 e. The second kappa shape index (κ2) is 4.81. The van der Waals surface area contributed by atoms with E-state index in [9.17, 15) is 5.11 Å². The first-order valence-electron chi connectivity index (χ1n) is 7.55. The monoisotopic (exact) mass is 291 g/mol. The Balaban J connectivity index is 0.00000161. The average Bonchev–Trinajstić information content (AvgIpc) is 2.71. The van der Waals surface area contributed by atoms with Crippen LogP contribution in [0.4, 0.5) is 0 Å². The number of hydrogen-bond acceptors (Lipinski definition) is 2. The lowest BCUT2D eigenvalue weighted by molar-refractivity contribution is 0.108. The number of nitrogens with two attached hydrogens (primary N) is 1. The highest BCUT2D eigenvalue weighted by molar-refractivity contribution is 7.80. The maximum absolute atomic E-state index is 10.4. The highest BCUT2D eigenvalue weighted by Crippen LogP contribution is 2.59. The van der Waals surface area contributed by atoms with Crippen LogP contribution >= 0.6 is 12.2 Å². The average molecular weight is 291 g/mol. The summed E-state index contributed by atoms with van der Waals surface area (Å²) in [5.74, 6) is 0.338. The van der Waals surface area contributed by atoms with Gasteiger partial charge in [-0.2, -0.15) is 0 Å². The molecule has 2 bridgehead atoms. The molecule has 1 aromatic carbocycles. The van der Waals surface area contributed by atoms with Crippen LogP contribution in [-0.4, -0.2) is 16.2 Å². The number of aliphatic hydroxyl groups excluding tert-OH is 1. The molecule has 3 rings (SSSR count). The van der Waals surface area contributed by atoms with Crippen molar-refractivity contribution in [3.05, 3.63) is 35.9 Å². The smallest absolute Gasteiger partial charge is 0.0791 e. The molecular weight excluding hydrogens is 266 g/mol. The Morgan fingerprint density at radius 2 is 2.05 bits per heavy atom. The van der Waals surface area contributed by atoms with Gasteiger partial charge in [0.2, 0.25) is 0 Å². The van der Waals surface area contributed by atoms with Crippen molar-refractivity contribution in [2.24, 2.45) is 17.1 Å². The number of rotatable bonds is 3. The second-order valence-corrected chi connectivity index (χ2v) is 7.20. The van der Waals surface area contributed by atoms with Crippen molar-refractivity contribution in [1.82, 2.24) is 0 Å². The minimum Gasteiger partial charge on any atom is -0.393 e. The molecule has 4 unspecified atom stereocenters. The standard InChI is InChI=1S/C17H23NOS.H2/c1-2-16(13-6-4-3-5-7-13)8-12-9-17(11-16,15(18)20)10-14(12)19;/h3-7,12,14,19H,2,8-11H2,1H3,(H2,18,20);1H. The third-order valence-electron chi connectivity index (χ3n) is 5.71. The summed E-state index contributed by atoms with van der Waals surface area (Å²) >= 11 is 5.37. The van der Waals surface area contributed by atoms with E-state index in [1.807, 2.05) is 0 Å². The van der Waals surface area contributed by atoms with Crippen molar-refractivity contribution >= 4 is 17.2 Å². The maximum Gasteiger partial charge on any atom is 0.0791 e. The lowest BCUT2D eigenvalue weighted by Gasteiger charge is -2.46. The molecule has 110 valence electrons. The first kappa shape index (κ1) is 14.0. The molecule has 1 aromatic rings. The van der Waals surface area contributed by atoms with E-state index in [0.29, 0.717) is 10.9 Å². The summed E-state index contributed by atoms with van der Waals surface area (Å²) in [6, 6.07) is 10.7. The third-order valence-corrected chi connectivity index (χ3v) is 6.15. The van der Waals surface area contributed by atoms with Gasteiger partial charge in [-0.1, -0.05) is 49.5 Å². The van der Waals surface area contributed by atoms with Crippen molar-refractivity contribution in [2.75, 3.05) is 0 Å². The Hall–Kier alpha value is -0.930. The van der Waals surface area contributed by atoms with Gasteiger partial charge in [-0.3, -0.25) is 0 Å². The summed E-state index contributed by atoms with van der Waals surface area (Å²) in [5.41, 5.74) is 7.43. The quantitative estimate of drug-likeness (QED) is 0.839. The molecule has 2 aliphatic rings. The maximum atomic E-state index is 10.4. The normalized spacial score (nSPS) is 39.7. The highest BCUT2D eigenvalue weighted by atomic mass is 32.1. The van der Waals surface area contributed by atoms with Gasteiger partial charge in [0.25, 0.3) is 0 Å². The number of hydrogen-bond donors (Lipinski definition) is 2. The fourth-order valence-corrected chi connectivity index (χ4v) is 4.87. The number of aliphatic hydroxyl groups is 1. The van der Waals surface area contributed by atoms with E-state index >= 15 is 0 Å². The minimum atomic E-state index is -0.242. The van der Waals surface area contributed by atoms with Gasteiger partial charge in [0, 0.05) is 6.84 Å². The summed E-state index contributed by atoms with van der Waals surface area (Å²) in [7, 11) is 0. The van der Waals surface area contributed by atoms with E-state index in [2.05, 4.69) is 37.3 Å². The molecule has 2 aliphatic carbocycles. The molecule has 0 amide bonds. The van der Waals surface area contributed by atoms with Crippen LogP contribution in [0.2, 0.25) is 0 Å². The van der Waals surface area contributed by atoms with E-state index in [0.717, 1.165) is 32.1 Å². The van der Waals surface area contributed by atoms with Crippen LogP contribution in [0.5, 0.6) is 0 Å². The van der Waals surface area contributed by atoms with Crippen LogP contribution in [-0.2, 0) is 5.41 Å². The molecular formula is C17H25NOS. The van der Waals surface area contributed by atoms with Gasteiger partial charge in [0.15, 0.2) is 0 Å². The van der Waals surface area contributed by atoms with E-state index in [1.165, 1.54) is 5.56 Å². The molecule has 0 radical (unpaired) electrons. The summed E-state index contributed by atoms with van der Waals surface area (Å²) in [4.78, 5) is 0.604. The summed E-state index contributed by atoms with van der Waals surface area (Å²) < 4.78 is 0. The fourth-order valence-electron chi connectivity index (χ4n) is 4.64. The van der Waals surface area contributed by atoms with E-state index in [4.69, 9.17) is 18.0 Å². The van der Waals surface area contributed by atoms with Gasteiger partial charge >= 0.3 is 0 Å². The molecule has 0 saturated heterocycles. The lowest BCUT2D eigenvalue weighted by Crippen LogP contribution is -2.44. The van der Waals surface area contributed by atoms with Crippen molar-refractivity contribution < 1.29 is 6.53 Å². The van der Waals surface area contributed by atoms with Gasteiger partial charge in [-0.25, -0.2) is 0 Å². The van der Waals surface area contributed by atoms with Gasteiger partial charge in [-0.15, -0.1) is 0 Å². The highest BCUT2D eigenvalue weighted by Gasteiger charge is 2.56. The molecule has 0 spiro atoms. The Kier molecular flexibility index (Phi) is 3.38. The van der Waals surface area contributed by atoms with E-state index in [-0.39, 0.29) is 18.4 Å². The van der Waals surface area contributed by atoms with Crippen LogP contribution in [0.3, 0.4) is 0 Å². The second-order valence-electron chi connectivity index (χ2n) is 6.76.